The van der Waals surface area contributed by atoms with Crippen LogP contribution in [0.25, 0.3) is 11.1 Å². The van der Waals surface area contributed by atoms with E-state index in [-0.39, 0.29) is 0 Å². The fourth-order valence-electron chi connectivity index (χ4n) is 1.23. The van der Waals surface area contributed by atoms with Crippen LogP contribution in [-0.4, -0.2) is 4.37 Å². The fraction of sp³-hybridized carbons (Fsp3) is 0.250. The summed E-state index contributed by atoms with van der Waals surface area (Å²) in [6, 6.07) is 8.35. The lowest BCUT2D eigenvalue weighted by Gasteiger charge is -2.00. The van der Waals surface area contributed by atoms with Crippen LogP contribution in [0, 0.1) is 6.92 Å². The number of aromatic nitrogens is 1. The van der Waals surface area contributed by atoms with Gasteiger partial charge in [0.05, 0.1) is 0 Å². The molecule has 0 spiro atoms. The monoisotopic (exact) mass is 205 g/mol. The van der Waals surface area contributed by atoms with Crippen molar-refractivity contribution in [3.8, 4) is 11.1 Å². The van der Waals surface area contributed by atoms with E-state index < -0.39 is 0 Å². The molecule has 1 nitrogen and oxygen atoms in total. The Morgan fingerprint density at radius 1 is 1.14 bits per heavy atom. The van der Waals surface area contributed by atoms with Crippen LogP contribution in [0.5, 0.6) is 0 Å². The number of hydrogen-bond acceptors (Lipinski definition) is 2. The smallest absolute Gasteiger partial charge is 0.0485 e. The molecule has 74 valence electrons. The van der Waals surface area contributed by atoms with Gasteiger partial charge >= 0.3 is 0 Å². The van der Waals surface area contributed by atoms with Gasteiger partial charge in [0.1, 0.15) is 0 Å². The Hall–Kier alpha value is -1.15. The van der Waals surface area contributed by atoms with Gasteiger partial charge in [-0.15, -0.1) is 0 Å². The van der Waals surface area contributed by atoms with Crippen LogP contribution in [0.4, 0.5) is 0 Å². The molecule has 0 amide bonds. The standard InChI is InChI=1S/C10H9NS.C2H6/c1-8-4-2-3-5-10(8)9-6-11-12-7-9;1-2/h2-7H,1H3;1-2H3. The fourth-order valence-corrected chi connectivity index (χ4v) is 1.77. The van der Waals surface area contributed by atoms with E-state index >= 15 is 0 Å². The number of nitrogens with zero attached hydrogens (tertiary/aromatic N) is 1. The van der Waals surface area contributed by atoms with Crippen molar-refractivity contribution in [1.29, 1.82) is 0 Å². The summed E-state index contributed by atoms with van der Waals surface area (Å²) in [6.07, 6.45) is 1.91. The first-order chi connectivity index (χ1) is 6.88. The van der Waals surface area contributed by atoms with Gasteiger partial charge in [0.25, 0.3) is 0 Å². The van der Waals surface area contributed by atoms with Gasteiger partial charge in [0, 0.05) is 17.1 Å². The lowest BCUT2D eigenvalue weighted by molar-refractivity contribution is 1.45. The van der Waals surface area contributed by atoms with Crippen molar-refractivity contribution in [2.75, 3.05) is 0 Å². The normalized spacial score (nSPS) is 9.07. The molecule has 2 rings (SSSR count). The van der Waals surface area contributed by atoms with Crippen LogP contribution in [-0.2, 0) is 0 Å². The Morgan fingerprint density at radius 3 is 2.43 bits per heavy atom. The van der Waals surface area contributed by atoms with E-state index in [9.17, 15) is 0 Å². The highest BCUT2D eigenvalue weighted by Gasteiger charge is 2.00. The number of aryl methyl sites for hydroxylation is 1. The number of benzene rings is 1. The van der Waals surface area contributed by atoms with E-state index in [1.54, 1.807) is 0 Å². The zero-order valence-corrected chi connectivity index (χ0v) is 9.64. The van der Waals surface area contributed by atoms with Gasteiger partial charge in [0.15, 0.2) is 0 Å². The second kappa shape index (κ2) is 5.55. The number of rotatable bonds is 1. The molecule has 0 saturated heterocycles. The molecular formula is C12H15NS. The van der Waals surface area contributed by atoms with Crippen LogP contribution in [0.3, 0.4) is 0 Å². The first-order valence-electron chi connectivity index (χ1n) is 4.83. The van der Waals surface area contributed by atoms with Gasteiger partial charge in [-0.2, -0.15) is 0 Å². The van der Waals surface area contributed by atoms with E-state index in [1.807, 2.05) is 20.0 Å². The van der Waals surface area contributed by atoms with E-state index in [0.717, 1.165) is 0 Å². The molecule has 0 aliphatic carbocycles. The lowest BCUT2D eigenvalue weighted by atomic mass is 10.0. The molecule has 0 aliphatic rings. The molecule has 0 radical (unpaired) electrons. The van der Waals surface area contributed by atoms with Crippen molar-refractivity contribution in [3.63, 3.8) is 0 Å². The maximum atomic E-state index is 4.08. The van der Waals surface area contributed by atoms with Gasteiger partial charge in [-0.1, -0.05) is 38.1 Å². The van der Waals surface area contributed by atoms with Crippen LogP contribution in [0.15, 0.2) is 35.8 Å². The molecular weight excluding hydrogens is 190 g/mol. The Labute approximate surface area is 89.6 Å². The first-order valence-corrected chi connectivity index (χ1v) is 5.67. The molecule has 0 atom stereocenters. The predicted octanol–water partition coefficient (Wildman–Crippen LogP) is 4.14. The maximum Gasteiger partial charge on any atom is 0.0485 e. The lowest BCUT2D eigenvalue weighted by Crippen LogP contribution is -1.78. The Balaban J connectivity index is 0.000000461. The molecule has 2 aromatic rings. The summed E-state index contributed by atoms with van der Waals surface area (Å²) < 4.78 is 4.08. The van der Waals surface area contributed by atoms with Gasteiger partial charge in [-0.25, -0.2) is 4.37 Å². The molecule has 14 heavy (non-hydrogen) atoms. The van der Waals surface area contributed by atoms with E-state index in [2.05, 4.69) is 40.9 Å². The third-order valence-electron chi connectivity index (χ3n) is 1.89. The second-order valence-electron chi connectivity index (χ2n) is 2.73. The molecule has 0 aliphatic heterocycles. The predicted molar refractivity (Wildman–Crippen MR) is 63.6 cm³/mol. The molecule has 0 saturated carbocycles. The molecule has 0 bridgehead atoms. The SMILES string of the molecule is CC.Cc1ccccc1-c1cnsc1. The van der Waals surface area contributed by atoms with Crippen LogP contribution in [0.2, 0.25) is 0 Å². The summed E-state index contributed by atoms with van der Waals surface area (Å²) in [5.41, 5.74) is 3.81. The highest BCUT2D eigenvalue weighted by Crippen LogP contribution is 2.23. The van der Waals surface area contributed by atoms with Crippen molar-refractivity contribution < 1.29 is 0 Å². The average Bonchev–Trinajstić information content (AvgIpc) is 2.75. The third-order valence-corrected chi connectivity index (χ3v) is 2.47. The minimum atomic E-state index is 1.22. The summed E-state index contributed by atoms with van der Waals surface area (Å²) in [5.74, 6) is 0. The highest BCUT2D eigenvalue weighted by atomic mass is 32.1. The summed E-state index contributed by atoms with van der Waals surface area (Å²) in [4.78, 5) is 0. The molecule has 1 aromatic heterocycles. The van der Waals surface area contributed by atoms with Gasteiger partial charge in [-0.3, -0.25) is 0 Å². The summed E-state index contributed by atoms with van der Waals surface area (Å²) >= 11 is 1.49. The quantitative estimate of drug-likeness (QED) is 0.681. The maximum absolute atomic E-state index is 4.08. The second-order valence-corrected chi connectivity index (χ2v) is 3.39. The minimum absolute atomic E-state index is 1.22. The van der Waals surface area contributed by atoms with Crippen LogP contribution >= 0.6 is 11.5 Å². The Morgan fingerprint density at radius 2 is 1.86 bits per heavy atom. The molecule has 0 N–H and O–H groups in total. The van der Waals surface area contributed by atoms with Gasteiger partial charge in [-0.05, 0) is 29.6 Å². The van der Waals surface area contributed by atoms with Crippen molar-refractivity contribution >= 4 is 11.5 Å². The molecule has 1 heterocycles. The van der Waals surface area contributed by atoms with Gasteiger partial charge < -0.3 is 0 Å². The first kappa shape index (κ1) is 10.9. The molecule has 0 fully saturated rings. The molecule has 0 unspecified atom stereocenters. The molecule has 2 heteroatoms. The number of hydrogen-bond donors (Lipinski definition) is 0. The van der Waals surface area contributed by atoms with E-state index in [1.165, 1.54) is 28.2 Å². The van der Waals surface area contributed by atoms with Crippen molar-refractivity contribution in [2.24, 2.45) is 0 Å². The summed E-state index contributed by atoms with van der Waals surface area (Å²) in [5, 5.41) is 2.07. The van der Waals surface area contributed by atoms with E-state index in [4.69, 9.17) is 0 Å². The van der Waals surface area contributed by atoms with Crippen LogP contribution in [0.1, 0.15) is 19.4 Å². The van der Waals surface area contributed by atoms with Crippen molar-refractivity contribution in [3.05, 3.63) is 41.4 Å². The summed E-state index contributed by atoms with van der Waals surface area (Å²) in [7, 11) is 0. The highest BCUT2D eigenvalue weighted by molar-refractivity contribution is 7.03. The topological polar surface area (TPSA) is 12.9 Å². The zero-order chi connectivity index (χ0) is 10.4. The van der Waals surface area contributed by atoms with E-state index in [0.29, 0.717) is 0 Å². The zero-order valence-electron chi connectivity index (χ0n) is 8.82. The van der Waals surface area contributed by atoms with Crippen LogP contribution < -0.4 is 0 Å². The average molecular weight is 205 g/mol. The van der Waals surface area contributed by atoms with Gasteiger partial charge in [0.2, 0.25) is 0 Å². The Bertz CT molecular complexity index is 366. The van der Waals surface area contributed by atoms with Crippen molar-refractivity contribution in [1.82, 2.24) is 4.37 Å². The third kappa shape index (κ3) is 2.42. The minimum Gasteiger partial charge on any atom is -0.201 e. The Kier molecular flexibility index (Phi) is 4.33. The summed E-state index contributed by atoms with van der Waals surface area (Å²) in [6.45, 7) is 6.12. The largest absolute Gasteiger partial charge is 0.201 e. The molecule has 1 aromatic carbocycles. The van der Waals surface area contributed by atoms with Crippen molar-refractivity contribution in [2.45, 2.75) is 20.8 Å².